The highest BCUT2D eigenvalue weighted by molar-refractivity contribution is 9.10. The van der Waals surface area contributed by atoms with Crippen LogP contribution in [0.4, 0.5) is 0 Å². The van der Waals surface area contributed by atoms with Crippen molar-refractivity contribution in [3.05, 3.63) is 57.5 Å². The molecular weight excluding hydrogens is 314 g/mol. The van der Waals surface area contributed by atoms with Crippen LogP contribution in [0.1, 0.15) is 18.5 Å². The van der Waals surface area contributed by atoms with Crippen molar-refractivity contribution < 1.29 is 4.74 Å². The predicted molar refractivity (Wildman–Crippen MR) is 78.3 cm³/mol. The minimum atomic E-state index is -0.101. The summed E-state index contributed by atoms with van der Waals surface area (Å²) in [4.78, 5) is 0. The lowest BCUT2D eigenvalue weighted by molar-refractivity contribution is 0.472. The molecule has 0 aliphatic carbocycles. The van der Waals surface area contributed by atoms with E-state index in [9.17, 15) is 0 Å². The van der Waals surface area contributed by atoms with E-state index in [1.165, 1.54) is 0 Å². The van der Waals surface area contributed by atoms with Crippen molar-refractivity contribution >= 4 is 27.5 Å². The van der Waals surface area contributed by atoms with Gasteiger partial charge < -0.3 is 10.5 Å². The number of ether oxygens (including phenoxy) is 1. The first kappa shape index (κ1) is 13.4. The van der Waals surface area contributed by atoms with Crippen LogP contribution in [0.5, 0.6) is 11.5 Å². The molecule has 2 aromatic carbocycles. The van der Waals surface area contributed by atoms with Gasteiger partial charge in [0, 0.05) is 16.1 Å². The lowest BCUT2D eigenvalue weighted by Gasteiger charge is -2.14. The number of hydrogen-bond acceptors (Lipinski definition) is 2. The molecule has 2 nitrogen and oxygen atoms in total. The van der Waals surface area contributed by atoms with Crippen molar-refractivity contribution in [2.45, 2.75) is 13.0 Å². The molecule has 4 heteroatoms. The van der Waals surface area contributed by atoms with E-state index in [0.717, 1.165) is 10.0 Å². The molecule has 0 fully saturated rings. The Balaban J connectivity index is 2.39. The normalized spacial score (nSPS) is 12.2. The van der Waals surface area contributed by atoms with Crippen molar-refractivity contribution in [1.82, 2.24) is 0 Å². The maximum atomic E-state index is 6.08. The number of halogens is 2. The van der Waals surface area contributed by atoms with Gasteiger partial charge >= 0.3 is 0 Å². The fourth-order valence-corrected chi connectivity index (χ4v) is 2.13. The van der Waals surface area contributed by atoms with Gasteiger partial charge in [0.15, 0.2) is 0 Å². The summed E-state index contributed by atoms with van der Waals surface area (Å²) in [7, 11) is 0. The van der Waals surface area contributed by atoms with Gasteiger partial charge in [-0.3, -0.25) is 0 Å². The Bertz CT molecular complexity index is 557. The molecule has 1 atom stereocenters. The molecule has 0 aromatic heterocycles. The lowest BCUT2D eigenvalue weighted by Crippen LogP contribution is -2.06. The average Bonchev–Trinajstić information content (AvgIpc) is 2.32. The van der Waals surface area contributed by atoms with Crippen LogP contribution in [0, 0.1) is 0 Å². The second-order valence-corrected chi connectivity index (χ2v) is 5.33. The van der Waals surface area contributed by atoms with Crippen LogP contribution in [0.3, 0.4) is 0 Å². The molecule has 0 heterocycles. The van der Waals surface area contributed by atoms with Crippen LogP contribution >= 0.6 is 27.5 Å². The van der Waals surface area contributed by atoms with Crippen molar-refractivity contribution in [3.63, 3.8) is 0 Å². The van der Waals surface area contributed by atoms with Crippen molar-refractivity contribution in [1.29, 1.82) is 0 Å². The van der Waals surface area contributed by atoms with Gasteiger partial charge in [-0.15, -0.1) is 0 Å². The van der Waals surface area contributed by atoms with Gasteiger partial charge in [-0.05, 0) is 31.2 Å². The maximum absolute atomic E-state index is 6.08. The highest BCUT2D eigenvalue weighted by atomic mass is 79.9. The number of rotatable bonds is 3. The first-order chi connectivity index (χ1) is 8.58. The van der Waals surface area contributed by atoms with E-state index in [0.29, 0.717) is 16.5 Å². The Hall–Kier alpha value is -1.03. The first-order valence-electron chi connectivity index (χ1n) is 5.55. The Morgan fingerprint density at radius 2 is 1.89 bits per heavy atom. The number of para-hydroxylation sites is 1. The van der Waals surface area contributed by atoms with E-state index in [1.54, 1.807) is 6.07 Å². The SMILES string of the molecule is CC(N)c1ccc(Br)cc1Oc1ccccc1Cl. The Labute approximate surface area is 120 Å². The highest BCUT2D eigenvalue weighted by Gasteiger charge is 2.11. The molecule has 2 N–H and O–H groups in total. The zero-order valence-electron chi connectivity index (χ0n) is 9.86. The van der Waals surface area contributed by atoms with Gasteiger partial charge in [-0.25, -0.2) is 0 Å². The smallest absolute Gasteiger partial charge is 0.146 e. The quantitative estimate of drug-likeness (QED) is 0.869. The summed E-state index contributed by atoms with van der Waals surface area (Å²) >= 11 is 9.50. The fourth-order valence-electron chi connectivity index (χ4n) is 1.62. The van der Waals surface area contributed by atoms with Gasteiger partial charge in [-0.1, -0.05) is 45.7 Å². The van der Waals surface area contributed by atoms with Crippen LogP contribution in [0.15, 0.2) is 46.9 Å². The molecule has 0 amide bonds. The third kappa shape index (κ3) is 3.05. The summed E-state index contributed by atoms with van der Waals surface area (Å²) in [6, 6.07) is 13.0. The first-order valence-corrected chi connectivity index (χ1v) is 6.72. The minimum Gasteiger partial charge on any atom is -0.455 e. The summed E-state index contributed by atoms with van der Waals surface area (Å²) in [5.41, 5.74) is 6.87. The molecule has 2 rings (SSSR count). The molecule has 94 valence electrons. The summed E-state index contributed by atoms with van der Waals surface area (Å²) in [5.74, 6) is 1.34. The van der Waals surface area contributed by atoms with Crippen LogP contribution in [-0.2, 0) is 0 Å². The molecule has 1 unspecified atom stereocenters. The standard InChI is InChI=1S/C14H13BrClNO/c1-9(17)11-7-6-10(15)8-14(11)18-13-5-3-2-4-12(13)16/h2-9H,17H2,1H3. The largest absolute Gasteiger partial charge is 0.455 e. The van der Waals surface area contributed by atoms with Crippen LogP contribution in [-0.4, -0.2) is 0 Å². The molecular formula is C14H13BrClNO. The van der Waals surface area contributed by atoms with E-state index in [1.807, 2.05) is 43.3 Å². The highest BCUT2D eigenvalue weighted by Crippen LogP contribution is 2.34. The van der Waals surface area contributed by atoms with E-state index < -0.39 is 0 Å². The molecule has 0 bridgehead atoms. The van der Waals surface area contributed by atoms with Crippen molar-refractivity contribution in [2.24, 2.45) is 5.73 Å². The van der Waals surface area contributed by atoms with Crippen LogP contribution in [0.2, 0.25) is 5.02 Å². The second-order valence-electron chi connectivity index (χ2n) is 4.00. The van der Waals surface area contributed by atoms with E-state index >= 15 is 0 Å². The van der Waals surface area contributed by atoms with Crippen LogP contribution in [0.25, 0.3) is 0 Å². The monoisotopic (exact) mass is 325 g/mol. The summed E-state index contributed by atoms with van der Waals surface area (Å²) in [6.45, 7) is 1.92. The Morgan fingerprint density at radius 3 is 2.56 bits per heavy atom. The van der Waals surface area contributed by atoms with Gasteiger partial charge in [0.2, 0.25) is 0 Å². The summed E-state index contributed by atoms with van der Waals surface area (Å²) in [5, 5.41) is 0.577. The summed E-state index contributed by atoms with van der Waals surface area (Å²) < 4.78 is 6.78. The third-order valence-electron chi connectivity index (χ3n) is 2.52. The molecule has 0 aliphatic rings. The maximum Gasteiger partial charge on any atom is 0.146 e. The fraction of sp³-hybridized carbons (Fsp3) is 0.143. The molecule has 0 saturated carbocycles. The van der Waals surface area contributed by atoms with E-state index in [2.05, 4.69) is 15.9 Å². The molecule has 0 saturated heterocycles. The van der Waals surface area contributed by atoms with Crippen molar-refractivity contribution in [3.8, 4) is 11.5 Å². The number of hydrogen-bond donors (Lipinski definition) is 1. The third-order valence-corrected chi connectivity index (χ3v) is 3.33. The zero-order chi connectivity index (χ0) is 13.1. The lowest BCUT2D eigenvalue weighted by atomic mass is 10.1. The number of benzene rings is 2. The van der Waals surface area contributed by atoms with Gasteiger partial charge in [-0.2, -0.15) is 0 Å². The second kappa shape index (κ2) is 5.74. The summed E-state index contributed by atoms with van der Waals surface area (Å²) in [6.07, 6.45) is 0. The topological polar surface area (TPSA) is 35.2 Å². The molecule has 18 heavy (non-hydrogen) atoms. The molecule has 0 aliphatic heterocycles. The molecule has 0 radical (unpaired) electrons. The Morgan fingerprint density at radius 1 is 1.17 bits per heavy atom. The average molecular weight is 327 g/mol. The van der Waals surface area contributed by atoms with E-state index in [4.69, 9.17) is 22.1 Å². The van der Waals surface area contributed by atoms with Crippen LogP contribution < -0.4 is 10.5 Å². The van der Waals surface area contributed by atoms with E-state index in [-0.39, 0.29) is 6.04 Å². The predicted octanol–water partition coefficient (Wildman–Crippen LogP) is 4.91. The number of nitrogens with two attached hydrogens (primary N) is 1. The zero-order valence-corrected chi connectivity index (χ0v) is 12.2. The van der Waals surface area contributed by atoms with Crippen molar-refractivity contribution in [2.75, 3.05) is 0 Å². The molecule has 2 aromatic rings. The van der Waals surface area contributed by atoms with Gasteiger partial charge in [0.05, 0.1) is 5.02 Å². The van der Waals surface area contributed by atoms with Gasteiger partial charge in [0.25, 0.3) is 0 Å². The Kier molecular flexibility index (Phi) is 4.27. The van der Waals surface area contributed by atoms with Gasteiger partial charge in [0.1, 0.15) is 11.5 Å². The minimum absolute atomic E-state index is 0.101. The molecule has 0 spiro atoms.